The maximum absolute atomic E-state index is 9.13. The molecule has 0 amide bonds. The van der Waals surface area contributed by atoms with Gasteiger partial charge in [-0.05, 0) is 31.0 Å². The van der Waals surface area contributed by atoms with Gasteiger partial charge in [0, 0.05) is 0 Å². The normalized spacial score (nSPS) is 10.6. The van der Waals surface area contributed by atoms with Crippen LogP contribution < -0.4 is 0 Å². The van der Waals surface area contributed by atoms with Gasteiger partial charge < -0.3 is 5.11 Å². The van der Waals surface area contributed by atoms with Crippen molar-refractivity contribution in [1.82, 2.24) is 15.0 Å². The average molecular weight is 203 g/mol. The minimum absolute atomic E-state index is 0.0552. The van der Waals surface area contributed by atoms with Gasteiger partial charge in [0.05, 0.1) is 24.2 Å². The molecular weight excluding hydrogens is 190 g/mol. The second-order valence-corrected chi connectivity index (χ2v) is 3.51. The lowest BCUT2D eigenvalue weighted by Crippen LogP contribution is -2.04. The van der Waals surface area contributed by atoms with Gasteiger partial charge in [-0.15, -0.1) is 5.10 Å². The van der Waals surface area contributed by atoms with Gasteiger partial charge in [-0.3, -0.25) is 0 Å². The molecule has 0 saturated carbocycles. The van der Waals surface area contributed by atoms with Crippen LogP contribution in [0, 0.1) is 13.8 Å². The van der Waals surface area contributed by atoms with E-state index in [4.69, 9.17) is 5.11 Å². The van der Waals surface area contributed by atoms with Crippen molar-refractivity contribution in [3.05, 3.63) is 41.2 Å². The number of hydrogen-bond acceptors (Lipinski definition) is 3. The van der Waals surface area contributed by atoms with Gasteiger partial charge in [-0.2, -0.15) is 0 Å². The Morgan fingerprint density at radius 2 is 2.13 bits per heavy atom. The summed E-state index contributed by atoms with van der Waals surface area (Å²) in [7, 11) is 0. The molecule has 4 heteroatoms. The number of aliphatic hydroxyl groups excluding tert-OH is 1. The maximum Gasteiger partial charge on any atom is 0.0900 e. The summed E-state index contributed by atoms with van der Waals surface area (Å²) in [5, 5.41) is 16.9. The van der Waals surface area contributed by atoms with E-state index >= 15 is 0 Å². The molecule has 0 bridgehead atoms. The molecule has 2 aromatic rings. The smallest absolute Gasteiger partial charge is 0.0900 e. The molecule has 1 heterocycles. The molecule has 0 aliphatic rings. The Bertz CT molecular complexity index is 476. The van der Waals surface area contributed by atoms with Crippen LogP contribution in [0.3, 0.4) is 0 Å². The van der Waals surface area contributed by atoms with E-state index in [2.05, 4.69) is 10.3 Å². The predicted octanol–water partition coefficient (Wildman–Crippen LogP) is 1.38. The number of nitrogens with zero attached hydrogens (tertiary/aromatic N) is 3. The fourth-order valence-corrected chi connectivity index (χ4v) is 1.53. The van der Waals surface area contributed by atoms with Crippen molar-refractivity contribution in [2.24, 2.45) is 0 Å². The molecule has 0 aliphatic carbocycles. The van der Waals surface area contributed by atoms with Crippen LogP contribution in [0.15, 0.2) is 24.4 Å². The second kappa shape index (κ2) is 3.82. The first-order valence-corrected chi connectivity index (χ1v) is 4.81. The SMILES string of the molecule is Cc1cccc(-n2nncc2CO)c1C. The number of benzene rings is 1. The maximum atomic E-state index is 9.13. The lowest BCUT2D eigenvalue weighted by Gasteiger charge is -2.09. The number of aromatic nitrogens is 3. The molecule has 0 atom stereocenters. The molecule has 1 N–H and O–H groups in total. The molecule has 0 saturated heterocycles. The zero-order chi connectivity index (χ0) is 10.8. The molecule has 78 valence electrons. The zero-order valence-electron chi connectivity index (χ0n) is 8.81. The van der Waals surface area contributed by atoms with Gasteiger partial charge in [0.15, 0.2) is 0 Å². The van der Waals surface area contributed by atoms with E-state index in [9.17, 15) is 0 Å². The van der Waals surface area contributed by atoms with E-state index in [1.54, 1.807) is 10.9 Å². The van der Waals surface area contributed by atoms with Crippen LogP contribution in [0.2, 0.25) is 0 Å². The molecule has 15 heavy (non-hydrogen) atoms. The monoisotopic (exact) mass is 203 g/mol. The largest absolute Gasteiger partial charge is 0.390 e. The summed E-state index contributed by atoms with van der Waals surface area (Å²) < 4.78 is 1.67. The lowest BCUT2D eigenvalue weighted by molar-refractivity contribution is 0.273. The fraction of sp³-hybridized carbons (Fsp3) is 0.273. The van der Waals surface area contributed by atoms with Crippen molar-refractivity contribution in [3.8, 4) is 5.69 Å². The Kier molecular flexibility index (Phi) is 2.51. The molecule has 0 unspecified atom stereocenters. The molecule has 1 aromatic heterocycles. The minimum Gasteiger partial charge on any atom is -0.390 e. The van der Waals surface area contributed by atoms with Gasteiger partial charge in [0.25, 0.3) is 0 Å². The van der Waals surface area contributed by atoms with Crippen molar-refractivity contribution in [2.45, 2.75) is 20.5 Å². The fourth-order valence-electron chi connectivity index (χ4n) is 1.53. The van der Waals surface area contributed by atoms with Gasteiger partial charge in [0.1, 0.15) is 0 Å². The summed E-state index contributed by atoms with van der Waals surface area (Å²) in [6.07, 6.45) is 1.57. The third-order valence-corrected chi connectivity index (χ3v) is 2.59. The minimum atomic E-state index is -0.0552. The van der Waals surface area contributed by atoms with E-state index < -0.39 is 0 Å². The number of hydrogen-bond donors (Lipinski definition) is 1. The van der Waals surface area contributed by atoms with E-state index in [0.717, 1.165) is 11.3 Å². The number of aryl methyl sites for hydroxylation is 1. The van der Waals surface area contributed by atoms with Crippen LogP contribution in [0.1, 0.15) is 16.8 Å². The summed E-state index contributed by atoms with van der Waals surface area (Å²) >= 11 is 0. The molecule has 0 fully saturated rings. The van der Waals surface area contributed by atoms with Crippen LogP contribution in [0.4, 0.5) is 0 Å². The predicted molar refractivity (Wildman–Crippen MR) is 56.8 cm³/mol. The summed E-state index contributed by atoms with van der Waals surface area (Å²) in [5.74, 6) is 0. The van der Waals surface area contributed by atoms with Crippen LogP contribution in [-0.4, -0.2) is 20.1 Å². The summed E-state index contributed by atoms with van der Waals surface area (Å²) in [5.41, 5.74) is 4.02. The van der Waals surface area contributed by atoms with E-state index in [-0.39, 0.29) is 6.61 Å². The number of aliphatic hydroxyl groups is 1. The molecule has 1 aromatic carbocycles. The molecule has 2 rings (SSSR count). The average Bonchev–Trinajstić information content (AvgIpc) is 2.70. The second-order valence-electron chi connectivity index (χ2n) is 3.51. The van der Waals surface area contributed by atoms with Gasteiger partial charge in [-0.25, -0.2) is 4.68 Å². The topological polar surface area (TPSA) is 50.9 Å². The molecule has 0 spiro atoms. The van der Waals surface area contributed by atoms with Crippen LogP contribution in [0.5, 0.6) is 0 Å². The third-order valence-electron chi connectivity index (χ3n) is 2.59. The van der Waals surface area contributed by atoms with Gasteiger partial charge >= 0.3 is 0 Å². The van der Waals surface area contributed by atoms with Crippen LogP contribution in [0.25, 0.3) is 5.69 Å². The van der Waals surface area contributed by atoms with E-state index in [1.807, 2.05) is 32.0 Å². The first kappa shape index (κ1) is 9.86. The third kappa shape index (κ3) is 1.64. The summed E-state index contributed by atoms with van der Waals surface area (Å²) in [4.78, 5) is 0. The standard InChI is InChI=1S/C11H13N3O/c1-8-4-3-5-11(9(8)2)14-10(7-15)6-12-13-14/h3-6,15H,7H2,1-2H3. The zero-order valence-corrected chi connectivity index (χ0v) is 8.81. The quantitative estimate of drug-likeness (QED) is 0.802. The highest BCUT2D eigenvalue weighted by molar-refractivity contribution is 5.44. The first-order chi connectivity index (χ1) is 7.24. The van der Waals surface area contributed by atoms with Crippen LogP contribution in [-0.2, 0) is 6.61 Å². The van der Waals surface area contributed by atoms with Crippen molar-refractivity contribution >= 4 is 0 Å². The van der Waals surface area contributed by atoms with Crippen molar-refractivity contribution in [3.63, 3.8) is 0 Å². The summed E-state index contributed by atoms with van der Waals surface area (Å²) in [6, 6.07) is 5.99. The lowest BCUT2D eigenvalue weighted by atomic mass is 10.1. The first-order valence-electron chi connectivity index (χ1n) is 4.81. The Morgan fingerprint density at radius 3 is 2.87 bits per heavy atom. The Balaban J connectivity index is 2.59. The molecule has 4 nitrogen and oxygen atoms in total. The Hall–Kier alpha value is -1.68. The van der Waals surface area contributed by atoms with Gasteiger partial charge in [0.2, 0.25) is 0 Å². The highest BCUT2D eigenvalue weighted by Crippen LogP contribution is 2.17. The Labute approximate surface area is 88.2 Å². The summed E-state index contributed by atoms with van der Waals surface area (Å²) in [6.45, 7) is 4.03. The van der Waals surface area contributed by atoms with Gasteiger partial charge in [-0.1, -0.05) is 17.3 Å². The van der Waals surface area contributed by atoms with Crippen molar-refractivity contribution in [2.75, 3.05) is 0 Å². The van der Waals surface area contributed by atoms with E-state index in [1.165, 1.54) is 5.56 Å². The molecular formula is C11H13N3O. The van der Waals surface area contributed by atoms with E-state index in [0.29, 0.717) is 5.69 Å². The number of rotatable bonds is 2. The Morgan fingerprint density at radius 1 is 1.33 bits per heavy atom. The van der Waals surface area contributed by atoms with Crippen LogP contribution >= 0.6 is 0 Å². The van der Waals surface area contributed by atoms with Crippen molar-refractivity contribution in [1.29, 1.82) is 0 Å². The highest BCUT2D eigenvalue weighted by atomic mass is 16.3. The van der Waals surface area contributed by atoms with Crippen molar-refractivity contribution < 1.29 is 5.11 Å². The highest BCUT2D eigenvalue weighted by Gasteiger charge is 2.08. The molecule has 0 radical (unpaired) electrons. The molecule has 0 aliphatic heterocycles.